The molecule has 0 saturated carbocycles. The van der Waals surface area contributed by atoms with Crippen molar-refractivity contribution < 1.29 is 9.47 Å². The highest BCUT2D eigenvalue weighted by Crippen LogP contribution is 2.30. The van der Waals surface area contributed by atoms with Crippen LogP contribution in [0, 0.1) is 0 Å². The van der Waals surface area contributed by atoms with Crippen LogP contribution in [-0.4, -0.2) is 13.2 Å². The van der Waals surface area contributed by atoms with Crippen molar-refractivity contribution in [3.8, 4) is 11.5 Å². The summed E-state index contributed by atoms with van der Waals surface area (Å²) in [7, 11) is 0. The first kappa shape index (κ1) is 13.7. The van der Waals surface area contributed by atoms with Crippen molar-refractivity contribution in [2.24, 2.45) is 0 Å². The van der Waals surface area contributed by atoms with E-state index in [4.69, 9.17) is 9.47 Å². The fourth-order valence-corrected chi connectivity index (χ4v) is 2.43. The van der Waals surface area contributed by atoms with Gasteiger partial charge in [-0.3, -0.25) is 0 Å². The Hall–Kier alpha value is -1.68. The Morgan fingerprint density at radius 1 is 1.11 bits per heavy atom. The molecule has 0 aliphatic heterocycles. The summed E-state index contributed by atoms with van der Waals surface area (Å²) >= 11 is 1.74. The number of ether oxygens (including phenoxy) is 2. The molecule has 4 heteroatoms. The Kier molecular flexibility index (Phi) is 5.10. The zero-order valence-corrected chi connectivity index (χ0v) is 12.1. The third-order valence-corrected chi connectivity index (χ3v) is 3.47. The standard InChI is InChI=1S/C15H19NO2S/c1-3-17-12-7-8-15(18-4-2)14(10-12)16-11-13-6-5-9-19-13/h5-10,16H,3-4,11H2,1-2H3. The minimum absolute atomic E-state index is 0.654. The molecule has 2 rings (SSSR count). The third kappa shape index (κ3) is 3.89. The van der Waals surface area contributed by atoms with Gasteiger partial charge >= 0.3 is 0 Å². The number of rotatable bonds is 7. The van der Waals surface area contributed by atoms with Gasteiger partial charge in [0.2, 0.25) is 0 Å². The molecule has 1 N–H and O–H groups in total. The fraction of sp³-hybridized carbons (Fsp3) is 0.333. The SMILES string of the molecule is CCOc1ccc(OCC)c(NCc2cccs2)c1. The van der Waals surface area contributed by atoms with Crippen molar-refractivity contribution in [1.29, 1.82) is 0 Å². The zero-order valence-electron chi connectivity index (χ0n) is 11.3. The van der Waals surface area contributed by atoms with Gasteiger partial charge in [0.25, 0.3) is 0 Å². The second-order valence-corrected chi connectivity index (χ2v) is 4.99. The summed E-state index contributed by atoms with van der Waals surface area (Å²) < 4.78 is 11.1. The maximum atomic E-state index is 5.63. The molecule has 0 aliphatic carbocycles. The summed E-state index contributed by atoms with van der Waals surface area (Å²) in [6.07, 6.45) is 0. The lowest BCUT2D eigenvalue weighted by Gasteiger charge is -2.13. The van der Waals surface area contributed by atoms with Crippen molar-refractivity contribution >= 4 is 17.0 Å². The van der Waals surface area contributed by atoms with E-state index in [1.807, 2.05) is 32.0 Å². The molecule has 0 radical (unpaired) electrons. The molecule has 19 heavy (non-hydrogen) atoms. The second kappa shape index (κ2) is 7.04. The molecule has 1 aromatic carbocycles. The average Bonchev–Trinajstić information content (AvgIpc) is 2.92. The van der Waals surface area contributed by atoms with E-state index >= 15 is 0 Å². The summed E-state index contributed by atoms with van der Waals surface area (Å²) in [5.74, 6) is 1.72. The van der Waals surface area contributed by atoms with Crippen molar-refractivity contribution in [3.63, 3.8) is 0 Å². The van der Waals surface area contributed by atoms with E-state index in [1.165, 1.54) is 4.88 Å². The normalized spacial score (nSPS) is 10.2. The van der Waals surface area contributed by atoms with E-state index in [2.05, 4.69) is 22.8 Å². The average molecular weight is 277 g/mol. The Bertz CT molecular complexity index is 497. The van der Waals surface area contributed by atoms with Crippen LogP contribution in [0.4, 0.5) is 5.69 Å². The van der Waals surface area contributed by atoms with Gasteiger partial charge < -0.3 is 14.8 Å². The van der Waals surface area contributed by atoms with Crippen LogP contribution in [0.5, 0.6) is 11.5 Å². The maximum absolute atomic E-state index is 5.63. The molecule has 0 aliphatic rings. The summed E-state index contributed by atoms with van der Waals surface area (Å²) in [6, 6.07) is 10.0. The number of thiophene rings is 1. The molecule has 1 aromatic heterocycles. The van der Waals surface area contributed by atoms with Crippen LogP contribution in [-0.2, 0) is 6.54 Å². The number of benzene rings is 1. The van der Waals surface area contributed by atoms with Gasteiger partial charge in [-0.25, -0.2) is 0 Å². The van der Waals surface area contributed by atoms with Crippen molar-refractivity contribution in [1.82, 2.24) is 0 Å². The predicted molar refractivity (Wildman–Crippen MR) is 80.4 cm³/mol. The molecule has 2 aromatic rings. The summed E-state index contributed by atoms with van der Waals surface area (Å²) in [5, 5.41) is 5.49. The van der Waals surface area contributed by atoms with E-state index in [0.29, 0.717) is 13.2 Å². The van der Waals surface area contributed by atoms with Crippen LogP contribution < -0.4 is 14.8 Å². The van der Waals surface area contributed by atoms with Crippen LogP contribution >= 0.6 is 11.3 Å². The van der Waals surface area contributed by atoms with E-state index in [9.17, 15) is 0 Å². The first-order chi connectivity index (χ1) is 9.33. The number of nitrogens with one attached hydrogen (secondary N) is 1. The molecule has 3 nitrogen and oxygen atoms in total. The van der Waals surface area contributed by atoms with Gasteiger partial charge in [0.15, 0.2) is 0 Å². The maximum Gasteiger partial charge on any atom is 0.142 e. The zero-order chi connectivity index (χ0) is 13.5. The molecule has 0 bridgehead atoms. The molecular weight excluding hydrogens is 258 g/mol. The van der Waals surface area contributed by atoms with Crippen LogP contribution in [0.1, 0.15) is 18.7 Å². The van der Waals surface area contributed by atoms with Crippen LogP contribution in [0.2, 0.25) is 0 Å². The minimum Gasteiger partial charge on any atom is -0.494 e. The summed E-state index contributed by atoms with van der Waals surface area (Å²) in [5.41, 5.74) is 0.973. The molecule has 0 spiro atoms. The molecule has 0 unspecified atom stereocenters. The first-order valence-corrected chi connectivity index (χ1v) is 7.37. The van der Waals surface area contributed by atoms with Crippen LogP contribution in [0.3, 0.4) is 0 Å². The highest BCUT2D eigenvalue weighted by molar-refractivity contribution is 7.09. The lowest BCUT2D eigenvalue weighted by molar-refractivity contribution is 0.332. The van der Waals surface area contributed by atoms with E-state index < -0.39 is 0 Å². The lowest BCUT2D eigenvalue weighted by atomic mass is 10.2. The topological polar surface area (TPSA) is 30.5 Å². The van der Waals surface area contributed by atoms with Crippen molar-refractivity contribution in [3.05, 3.63) is 40.6 Å². The van der Waals surface area contributed by atoms with Gasteiger partial charge in [-0.15, -0.1) is 11.3 Å². The molecule has 0 atom stereocenters. The van der Waals surface area contributed by atoms with Gasteiger partial charge in [0.05, 0.1) is 18.9 Å². The summed E-state index contributed by atoms with van der Waals surface area (Å²) in [6.45, 7) is 6.09. The van der Waals surface area contributed by atoms with Gasteiger partial charge in [-0.05, 0) is 37.4 Å². The van der Waals surface area contributed by atoms with Crippen molar-refractivity contribution in [2.45, 2.75) is 20.4 Å². The number of anilines is 1. The molecular formula is C15H19NO2S. The molecule has 1 heterocycles. The van der Waals surface area contributed by atoms with Gasteiger partial charge in [-0.1, -0.05) is 6.07 Å². The first-order valence-electron chi connectivity index (χ1n) is 6.49. The second-order valence-electron chi connectivity index (χ2n) is 3.96. The van der Waals surface area contributed by atoms with Gasteiger partial charge in [0.1, 0.15) is 11.5 Å². The van der Waals surface area contributed by atoms with Gasteiger partial charge in [0, 0.05) is 17.5 Å². The van der Waals surface area contributed by atoms with Gasteiger partial charge in [-0.2, -0.15) is 0 Å². The van der Waals surface area contributed by atoms with Crippen LogP contribution in [0.25, 0.3) is 0 Å². The Labute approximate surface area is 118 Å². The Balaban J connectivity index is 2.11. The third-order valence-electron chi connectivity index (χ3n) is 2.60. The van der Waals surface area contributed by atoms with Crippen LogP contribution in [0.15, 0.2) is 35.7 Å². The lowest BCUT2D eigenvalue weighted by Crippen LogP contribution is -2.02. The fourth-order valence-electron chi connectivity index (χ4n) is 1.78. The highest BCUT2D eigenvalue weighted by Gasteiger charge is 2.06. The quantitative estimate of drug-likeness (QED) is 0.824. The summed E-state index contributed by atoms with van der Waals surface area (Å²) in [4.78, 5) is 1.30. The highest BCUT2D eigenvalue weighted by atomic mass is 32.1. The monoisotopic (exact) mass is 277 g/mol. The number of hydrogen-bond acceptors (Lipinski definition) is 4. The van der Waals surface area contributed by atoms with E-state index in [1.54, 1.807) is 11.3 Å². The van der Waals surface area contributed by atoms with Crippen molar-refractivity contribution in [2.75, 3.05) is 18.5 Å². The number of hydrogen-bond donors (Lipinski definition) is 1. The van der Waals surface area contributed by atoms with E-state index in [-0.39, 0.29) is 0 Å². The molecule has 0 saturated heterocycles. The van der Waals surface area contributed by atoms with E-state index in [0.717, 1.165) is 23.7 Å². The predicted octanol–water partition coefficient (Wildman–Crippen LogP) is 4.16. The smallest absolute Gasteiger partial charge is 0.142 e. The minimum atomic E-state index is 0.654. The Morgan fingerprint density at radius 3 is 2.63 bits per heavy atom. The Morgan fingerprint density at radius 2 is 1.95 bits per heavy atom. The molecule has 0 fully saturated rings. The molecule has 102 valence electrons. The molecule has 0 amide bonds. The largest absolute Gasteiger partial charge is 0.494 e.